The lowest BCUT2D eigenvalue weighted by atomic mass is 9.99. The summed E-state index contributed by atoms with van der Waals surface area (Å²) in [6.45, 7) is 11.9. The molecule has 0 radical (unpaired) electrons. The van der Waals surface area contributed by atoms with Crippen molar-refractivity contribution >= 4 is 47.4 Å². The lowest BCUT2D eigenvalue weighted by molar-refractivity contribution is 0.106. The number of carbonyl (C=O) groups is 2. The molecule has 1 N–H and O–H groups in total. The molecule has 0 aliphatic rings. The summed E-state index contributed by atoms with van der Waals surface area (Å²) in [5, 5.41) is 0. The number of hydrogen-bond donors (Lipinski definition) is 1. The van der Waals surface area contributed by atoms with Crippen molar-refractivity contribution in [1.82, 2.24) is 29.3 Å². The molecule has 2 rings (SSSR count). The van der Waals surface area contributed by atoms with Gasteiger partial charge in [-0.25, -0.2) is 37.9 Å². The van der Waals surface area contributed by atoms with Gasteiger partial charge in [-0.3, -0.25) is 4.98 Å². The minimum atomic E-state index is -0.968. The third kappa shape index (κ3) is 18.8. The Kier molecular flexibility index (Phi) is 15.9. The molecule has 0 fully saturated rings. The fourth-order valence-corrected chi connectivity index (χ4v) is 2.13. The lowest BCUT2D eigenvalue weighted by Crippen LogP contribution is -2.31. The summed E-state index contributed by atoms with van der Waals surface area (Å²) in [4.78, 5) is 63.5. The molecule has 17 heteroatoms. The number of aromatic nitrogens is 4. The average Bonchev–Trinajstić information content (AvgIpc) is 2.86. The van der Waals surface area contributed by atoms with Crippen LogP contribution in [0.4, 0.5) is 30.0 Å². The molecule has 0 saturated carbocycles. The van der Waals surface area contributed by atoms with Crippen LogP contribution in [0.2, 0.25) is 0 Å². The molecular formula is C26H39ClF2N8O6. The van der Waals surface area contributed by atoms with E-state index in [1.54, 1.807) is 38.0 Å². The first-order valence-corrected chi connectivity index (χ1v) is 12.9. The standard InChI is InChI=1S/C13H19FN4O3.C7H9FN4O.C6H11ClO2/c1-13(2,3)7-21-12(20)18-6-9(14)10(16-11(18)19)15-8-17(4)5;1-12(2)4-10-6-5(8)3-9-7(13)11-6;1-6(2,3)4-9-5(7)8/h6,8H,7H2,1-5H3;3-4H,1-2H3,(H,9,11,13);4H2,1-3H3. The summed E-state index contributed by atoms with van der Waals surface area (Å²) in [6.07, 6.45) is 3.27. The molecule has 0 atom stereocenters. The van der Waals surface area contributed by atoms with E-state index in [1.165, 1.54) is 12.7 Å². The van der Waals surface area contributed by atoms with Gasteiger partial charge in [0.05, 0.1) is 38.3 Å². The van der Waals surface area contributed by atoms with Crippen LogP contribution in [-0.4, -0.2) is 94.9 Å². The van der Waals surface area contributed by atoms with E-state index in [0.29, 0.717) is 11.2 Å². The van der Waals surface area contributed by atoms with E-state index >= 15 is 0 Å². The number of nitrogens with one attached hydrogen (secondary N) is 1. The van der Waals surface area contributed by atoms with Gasteiger partial charge in [-0.2, -0.15) is 14.5 Å². The highest BCUT2D eigenvalue weighted by atomic mass is 35.5. The Bertz CT molecular complexity index is 1380. The zero-order chi connectivity index (χ0) is 33.5. The second-order valence-corrected chi connectivity index (χ2v) is 11.9. The molecule has 0 aliphatic heterocycles. The van der Waals surface area contributed by atoms with Crippen molar-refractivity contribution in [1.29, 1.82) is 0 Å². The SMILES string of the molecule is CC(C)(C)COC(=O)Cl.CN(C)C=Nc1[nH]c(=O)ncc1F.CN(C)C=Nc1nc(=O)n(C(=O)OCC(C)(C)C)cc1F. The quantitative estimate of drug-likeness (QED) is 0.277. The zero-order valence-electron chi connectivity index (χ0n) is 25.9. The highest BCUT2D eigenvalue weighted by Crippen LogP contribution is 2.15. The van der Waals surface area contributed by atoms with E-state index in [-0.39, 0.29) is 29.1 Å². The molecule has 2 aromatic heterocycles. The third-order valence-corrected chi connectivity index (χ3v) is 3.99. The number of halogens is 3. The summed E-state index contributed by atoms with van der Waals surface area (Å²) in [5.41, 5.74) is -2.55. The van der Waals surface area contributed by atoms with Crippen molar-refractivity contribution in [2.45, 2.75) is 41.5 Å². The second kappa shape index (κ2) is 17.7. The Labute approximate surface area is 253 Å². The van der Waals surface area contributed by atoms with Crippen LogP contribution in [0, 0.1) is 22.5 Å². The molecule has 240 valence electrons. The van der Waals surface area contributed by atoms with Crippen molar-refractivity contribution in [3.63, 3.8) is 0 Å². The predicted molar refractivity (Wildman–Crippen MR) is 160 cm³/mol. The molecule has 43 heavy (non-hydrogen) atoms. The average molecular weight is 633 g/mol. The number of H-pyrrole nitrogens is 1. The van der Waals surface area contributed by atoms with Crippen molar-refractivity contribution in [3.05, 3.63) is 45.0 Å². The van der Waals surface area contributed by atoms with Gasteiger partial charge in [-0.1, -0.05) is 41.5 Å². The van der Waals surface area contributed by atoms with Gasteiger partial charge in [0.2, 0.25) is 0 Å². The largest absolute Gasteiger partial charge is 0.453 e. The first kappa shape index (κ1) is 38.8. The topological polar surface area (TPSA) is 164 Å². The van der Waals surface area contributed by atoms with Gasteiger partial charge >= 0.3 is 22.9 Å². The van der Waals surface area contributed by atoms with Crippen LogP contribution >= 0.6 is 11.6 Å². The normalized spacial score (nSPS) is 11.3. The Morgan fingerprint density at radius 1 is 0.953 bits per heavy atom. The molecule has 0 aliphatic carbocycles. The maximum Gasteiger partial charge on any atom is 0.422 e. The molecule has 0 amide bonds. The maximum atomic E-state index is 13.8. The van der Waals surface area contributed by atoms with Gasteiger partial charge < -0.3 is 19.3 Å². The van der Waals surface area contributed by atoms with Crippen molar-refractivity contribution < 1.29 is 27.8 Å². The summed E-state index contributed by atoms with van der Waals surface area (Å²) in [6, 6.07) is 0. The Hall–Kier alpha value is -4.21. The minimum absolute atomic E-state index is 0.00451. The number of rotatable bonds is 6. The van der Waals surface area contributed by atoms with Crippen LogP contribution in [0.3, 0.4) is 0 Å². The highest BCUT2D eigenvalue weighted by molar-refractivity contribution is 6.61. The summed E-state index contributed by atoms with van der Waals surface area (Å²) in [5.74, 6) is -2.04. The van der Waals surface area contributed by atoms with E-state index in [9.17, 15) is 28.0 Å². The molecule has 2 aromatic rings. The molecule has 0 spiro atoms. The molecular weight excluding hydrogens is 594 g/mol. The smallest absolute Gasteiger partial charge is 0.422 e. The number of hydrogen-bond acceptors (Lipinski definition) is 10. The summed E-state index contributed by atoms with van der Waals surface area (Å²) < 4.78 is 36.6. The van der Waals surface area contributed by atoms with Crippen LogP contribution in [0.1, 0.15) is 41.5 Å². The minimum Gasteiger partial charge on any atom is -0.453 e. The number of aromatic amines is 1. The Balaban J connectivity index is 0.000000682. The van der Waals surface area contributed by atoms with Crippen LogP contribution in [0.15, 0.2) is 32.0 Å². The number of ether oxygens (including phenoxy) is 2. The monoisotopic (exact) mass is 632 g/mol. The molecule has 0 saturated heterocycles. The van der Waals surface area contributed by atoms with Gasteiger partial charge in [-0.05, 0) is 10.8 Å². The Morgan fingerprint density at radius 3 is 1.93 bits per heavy atom. The number of nitrogens with zero attached hydrogens (tertiary/aromatic N) is 7. The first-order chi connectivity index (χ1) is 19.6. The second-order valence-electron chi connectivity index (χ2n) is 11.6. The zero-order valence-corrected chi connectivity index (χ0v) is 26.7. The fraction of sp³-hybridized carbons (Fsp3) is 0.538. The number of carbonyl (C=O) groups excluding carboxylic acids is 2. The molecule has 0 aromatic carbocycles. The molecule has 14 nitrogen and oxygen atoms in total. The molecule has 2 heterocycles. The fourth-order valence-electron chi connectivity index (χ4n) is 2.07. The first-order valence-electron chi connectivity index (χ1n) is 12.6. The Morgan fingerprint density at radius 2 is 1.47 bits per heavy atom. The van der Waals surface area contributed by atoms with Crippen LogP contribution in [0.5, 0.6) is 0 Å². The van der Waals surface area contributed by atoms with E-state index in [4.69, 9.17) is 16.3 Å². The number of aliphatic imine (C=N–C) groups is 2. The molecule has 0 unspecified atom stereocenters. The van der Waals surface area contributed by atoms with Gasteiger partial charge in [0.1, 0.15) is 0 Å². The summed E-state index contributed by atoms with van der Waals surface area (Å²) in [7, 11) is 6.85. The van der Waals surface area contributed by atoms with E-state index in [1.807, 2.05) is 41.5 Å². The highest BCUT2D eigenvalue weighted by Gasteiger charge is 2.18. The lowest BCUT2D eigenvalue weighted by Gasteiger charge is -2.17. The van der Waals surface area contributed by atoms with Crippen LogP contribution in [0.25, 0.3) is 0 Å². The van der Waals surface area contributed by atoms with Crippen molar-refractivity contribution in [2.75, 3.05) is 41.4 Å². The van der Waals surface area contributed by atoms with E-state index < -0.39 is 34.5 Å². The van der Waals surface area contributed by atoms with Gasteiger partial charge in [0.25, 0.3) is 0 Å². The van der Waals surface area contributed by atoms with Crippen LogP contribution < -0.4 is 11.4 Å². The van der Waals surface area contributed by atoms with Crippen molar-refractivity contribution in [2.24, 2.45) is 20.8 Å². The van der Waals surface area contributed by atoms with Gasteiger partial charge in [-0.15, -0.1) is 0 Å². The van der Waals surface area contributed by atoms with E-state index in [0.717, 1.165) is 12.4 Å². The molecule has 0 bridgehead atoms. The maximum absolute atomic E-state index is 13.8. The summed E-state index contributed by atoms with van der Waals surface area (Å²) >= 11 is 4.92. The van der Waals surface area contributed by atoms with Crippen molar-refractivity contribution in [3.8, 4) is 0 Å². The third-order valence-electron chi connectivity index (χ3n) is 3.88. The van der Waals surface area contributed by atoms with Gasteiger partial charge in [0.15, 0.2) is 23.3 Å². The predicted octanol–water partition coefficient (Wildman–Crippen LogP) is 4.17. The van der Waals surface area contributed by atoms with Crippen LogP contribution in [-0.2, 0) is 9.47 Å². The van der Waals surface area contributed by atoms with Gasteiger partial charge in [0, 0.05) is 39.8 Å². The van der Waals surface area contributed by atoms with E-state index in [2.05, 4.69) is 29.7 Å².